The second-order valence-corrected chi connectivity index (χ2v) is 3.89. The van der Waals surface area contributed by atoms with Crippen molar-refractivity contribution in [3.05, 3.63) is 34.7 Å². The van der Waals surface area contributed by atoms with Gasteiger partial charge in [0, 0.05) is 17.7 Å². The van der Waals surface area contributed by atoms with Crippen molar-refractivity contribution in [1.82, 2.24) is 4.98 Å². The Morgan fingerprint density at radius 2 is 2.00 bits per heavy atom. The summed E-state index contributed by atoms with van der Waals surface area (Å²) in [6.45, 7) is 2.39. The van der Waals surface area contributed by atoms with E-state index in [9.17, 15) is 9.59 Å². The Hall–Kier alpha value is -1.97. The predicted octanol–water partition coefficient (Wildman–Crippen LogP) is 1.26. The number of ketones is 2. The molecule has 1 aromatic rings. The first-order valence-electron chi connectivity index (χ1n) is 5.11. The van der Waals surface area contributed by atoms with Gasteiger partial charge < -0.3 is 4.74 Å². The zero-order chi connectivity index (χ0) is 11.3. The smallest absolute Gasteiger partial charge is 0.205 e. The van der Waals surface area contributed by atoms with E-state index in [0.29, 0.717) is 17.9 Å². The highest BCUT2D eigenvalue weighted by Crippen LogP contribution is 2.35. The van der Waals surface area contributed by atoms with E-state index in [2.05, 4.69) is 4.98 Å². The third-order valence-corrected chi connectivity index (χ3v) is 2.92. The van der Waals surface area contributed by atoms with Crippen LogP contribution in [-0.4, -0.2) is 23.2 Å². The topological polar surface area (TPSA) is 56.3 Å². The number of carbonyl (C=O) groups is 2. The van der Waals surface area contributed by atoms with Gasteiger partial charge in [-0.1, -0.05) is 0 Å². The lowest BCUT2D eigenvalue weighted by molar-refractivity contribution is 0.0987. The van der Waals surface area contributed by atoms with E-state index in [4.69, 9.17) is 4.74 Å². The Bertz CT molecular complexity index is 558. The number of hydrogen-bond donors (Lipinski definition) is 0. The maximum absolute atomic E-state index is 11.7. The van der Waals surface area contributed by atoms with Crippen LogP contribution in [0.15, 0.2) is 12.2 Å². The van der Waals surface area contributed by atoms with Crippen molar-refractivity contribution in [2.24, 2.45) is 0 Å². The van der Waals surface area contributed by atoms with Crippen LogP contribution in [0.2, 0.25) is 0 Å². The Kier molecular flexibility index (Phi) is 1.74. The maximum Gasteiger partial charge on any atom is 0.205 e. The zero-order valence-electron chi connectivity index (χ0n) is 8.74. The Morgan fingerprint density at radius 3 is 2.81 bits per heavy atom. The molecule has 0 radical (unpaired) electrons. The molecule has 0 fully saturated rings. The van der Waals surface area contributed by atoms with E-state index in [1.54, 1.807) is 0 Å². The number of ether oxygens (including phenoxy) is 1. The molecule has 0 unspecified atom stereocenters. The molecule has 0 saturated carbocycles. The fourth-order valence-corrected chi connectivity index (χ4v) is 2.14. The van der Waals surface area contributed by atoms with Gasteiger partial charge in [-0.15, -0.1) is 0 Å². The summed E-state index contributed by atoms with van der Waals surface area (Å²) < 4.78 is 5.45. The van der Waals surface area contributed by atoms with Crippen molar-refractivity contribution in [3.8, 4) is 5.75 Å². The minimum atomic E-state index is -0.226. The number of carbonyl (C=O) groups excluding carboxylic acids is 2. The lowest BCUT2D eigenvalue weighted by atomic mass is 9.95. The van der Waals surface area contributed by atoms with Crippen LogP contribution in [0.3, 0.4) is 0 Å². The van der Waals surface area contributed by atoms with Crippen molar-refractivity contribution in [1.29, 1.82) is 0 Å². The number of pyridine rings is 1. The molecule has 2 aliphatic rings. The number of allylic oxidation sites excluding steroid dienone is 2. The first-order chi connectivity index (χ1) is 7.68. The normalized spacial score (nSPS) is 17.1. The van der Waals surface area contributed by atoms with Crippen molar-refractivity contribution < 1.29 is 14.3 Å². The van der Waals surface area contributed by atoms with Crippen LogP contribution < -0.4 is 4.74 Å². The van der Waals surface area contributed by atoms with E-state index in [1.165, 1.54) is 12.2 Å². The third kappa shape index (κ3) is 1.07. The lowest BCUT2D eigenvalue weighted by Gasteiger charge is -2.13. The van der Waals surface area contributed by atoms with Gasteiger partial charge >= 0.3 is 0 Å². The standard InChI is InChI=1S/C12H9NO3/c1-6-7-4-5-16-12(7)10-8(14)2-3-9(15)11(10)13-6/h2-3H,4-5H2,1H3. The van der Waals surface area contributed by atoms with E-state index >= 15 is 0 Å². The van der Waals surface area contributed by atoms with Gasteiger partial charge in [0.15, 0.2) is 5.78 Å². The van der Waals surface area contributed by atoms with Crippen LogP contribution in [0.5, 0.6) is 5.75 Å². The van der Waals surface area contributed by atoms with Crippen LogP contribution in [0.1, 0.15) is 32.1 Å². The van der Waals surface area contributed by atoms with Crippen LogP contribution in [-0.2, 0) is 6.42 Å². The Balaban J connectivity index is 2.37. The second kappa shape index (κ2) is 3.01. The summed E-state index contributed by atoms with van der Waals surface area (Å²) in [6, 6.07) is 0. The number of nitrogens with zero attached hydrogens (tertiary/aromatic N) is 1. The molecule has 0 atom stereocenters. The van der Waals surface area contributed by atoms with Crippen molar-refractivity contribution >= 4 is 11.6 Å². The van der Waals surface area contributed by atoms with E-state index in [-0.39, 0.29) is 17.3 Å². The van der Waals surface area contributed by atoms with Crippen LogP contribution in [0, 0.1) is 6.92 Å². The minimum absolute atomic E-state index is 0.194. The average molecular weight is 215 g/mol. The van der Waals surface area contributed by atoms with E-state index in [1.807, 2.05) is 6.92 Å². The van der Waals surface area contributed by atoms with Crippen molar-refractivity contribution in [2.75, 3.05) is 6.61 Å². The van der Waals surface area contributed by atoms with Gasteiger partial charge in [-0.2, -0.15) is 0 Å². The second-order valence-electron chi connectivity index (χ2n) is 3.89. The summed E-state index contributed by atoms with van der Waals surface area (Å²) in [5.74, 6) is 0.140. The van der Waals surface area contributed by atoms with E-state index < -0.39 is 0 Å². The fraction of sp³-hybridized carbons (Fsp3) is 0.250. The summed E-state index contributed by atoms with van der Waals surface area (Å²) in [6.07, 6.45) is 3.30. The number of rotatable bonds is 0. The van der Waals surface area contributed by atoms with Crippen molar-refractivity contribution in [2.45, 2.75) is 13.3 Å². The number of aromatic nitrogens is 1. The van der Waals surface area contributed by atoms with Gasteiger partial charge in [0.2, 0.25) is 5.78 Å². The molecule has 16 heavy (non-hydrogen) atoms. The fourth-order valence-electron chi connectivity index (χ4n) is 2.14. The monoisotopic (exact) mass is 215 g/mol. The average Bonchev–Trinajstić information content (AvgIpc) is 2.73. The van der Waals surface area contributed by atoms with Gasteiger partial charge in [0.1, 0.15) is 11.4 Å². The molecule has 2 heterocycles. The molecule has 1 aliphatic carbocycles. The molecule has 0 saturated heterocycles. The lowest BCUT2D eigenvalue weighted by Crippen LogP contribution is -2.16. The first kappa shape index (κ1) is 9.27. The molecule has 1 aromatic heterocycles. The highest BCUT2D eigenvalue weighted by molar-refractivity contribution is 6.22. The number of fused-ring (bicyclic) bond motifs is 3. The van der Waals surface area contributed by atoms with Crippen LogP contribution >= 0.6 is 0 Å². The molecular formula is C12H9NO3. The summed E-state index contributed by atoms with van der Waals surface area (Å²) in [4.78, 5) is 27.6. The number of hydrogen-bond acceptors (Lipinski definition) is 4. The molecule has 0 aromatic carbocycles. The summed E-state index contributed by atoms with van der Waals surface area (Å²) in [5.41, 5.74) is 2.30. The van der Waals surface area contributed by atoms with Gasteiger partial charge in [-0.3, -0.25) is 9.59 Å². The minimum Gasteiger partial charge on any atom is -0.492 e. The molecule has 0 amide bonds. The first-order valence-corrected chi connectivity index (χ1v) is 5.11. The summed E-state index contributed by atoms with van der Waals surface area (Å²) in [7, 11) is 0. The predicted molar refractivity (Wildman–Crippen MR) is 56.0 cm³/mol. The number of aryl methyl sites for hydroxylation is 1. The van der Waals surface area contributed by atoms with Gasteiger partial charge in [-0.25, -0.2) is 4.98 Å². The van der Waals surface area contributed by atoms with Crippen molar-refractivity contribution in [3.63, 3.8) is 0 Å². The summed E-state index contributed by atoms with van der Waals surface area (Å²) >= 11 is 0. The quantitative estimate of drug-likeness (QED) is 0.653. The highest BCUT2D eigenvalue weighted by Gasteiger charge is 2.30. The molecule has 4 heteroatoms. The molecule has 0 spiro atoms. The van der Waals surface area contributed by atoms with Gasteiger partial charge in [0.05, 0.1) is 12.2 Å². The molecule has 80 valence electrons. The zero-order valence-corrected chi connectivity index (χ0v) is 8.74. The third-order valence-electron chi connectivity index (χ3n) is 2.92. The van der Waals surface area contributed by atoms with Crippen LogP contribution in [0.4, 0.5) is 0 Å². The summed E-state index contributed by atoms with van der Waals surface area (Å²) in [5, 5.41) is 0. The Labute approximate surface area is 91.9 Å². The SMILES string of the molecule is Cc1nc2c(c3c1CCO3)C(=O)C=CC2=O. The van der Waals surface area contributed by atoms with Crippen LogP contribution in [0.25, 0.3) is 0 Å². The van der Waals surface area contributed by atoms with Gasteiger partial charge in [0.25, 0.3) is 0 Å². The van der Waals surface area contributed by atoms with E-state index in [0.717, 1.165) is 17.7 Å². The molecule has 0 N–H and O–H groups in total. The highest BCUT2D eigenvalue weighted by atomic mass is 16.5. The molecule has 3 rings (SSSR count). The Morgan fingerprint density at radius 1 is 1.25 bits per heavy atom. The molecule has 1 aliphatic heterocycles. The largest absolute Gasteiger partial charge is 0.492 e. The maximum atomic E-state index is 11.7. The van der Waals surface area contributed by atoms with Gasteiger partial charge in [-0.05, 0) is 19.1 Å². The molecular weight excluding hydrogens is 206 g/mol. The molecule has 4 nitrogen and oxygen atoms in total. The molecule has 0 bridgehead atoms.